The number of aliphatic hydroxyl groups excluding tert-OH is 2. The second-order valence-corrected chi connectivity index (χ2v) is 4.68. The SMILES string of the molecule is CCOC(=O)c1[nH]c(C)c(C(O)C(O)CC(=O)OC)c1C. The van der Waals surface area contributed by atoms with Crippen LogP contribution in [0.2, 0.25) is 0 Å². The van der Waals surface area contributed by atoms with E-state index in [0.29, 0.717) is 16.8 Å². The number of nitrogens with one attached hydrogen (secondary N) is 1. The third kappa shape index (κ3) is 3.83. The van der Waals surface area contributed by atoms with Gasteiger partial charge in [0.05, 0.1) is 26.2 Å². The van der Waals surface area contributed by atoms with Crippen LogP contribution in [0.25, 0.3) is 0 Å². The Morgan fingerprint density at radius 1 is 1.29 bits per heavy atom. The van der Waals surface area contributed by atoms with E-state index in [0.717, 1.165) is 0 Å². The van der Waals surface area contributed by atoms with Crippen LogP contribution >= 0.6 is 0 Å². The number of esters is 2. The van der Waals surface area contributed by atoms with Crippen molar-refractivity contribution in [3.63, 3.8) is 0 Å². The van der Waals surface area contributed by atoms with Gasteiger partial charge >= 0.3 is 11.9 Å². The van der Waals surface area contributed by atoms with Gasteiger partial charge in [-0.2, -0.15) is 0 Å². The van der Waals surface area contributed by atoms with Crippen LogP contribution in [-0.2, 0) is 14.3 Å². The first-order valence-electron chi connectivity index (χ1n) is 6.62. The Morgan fingerprint density at radius 3 is 2.43 bits per heavy atom. The van der Waals surface area contributed by atoms with Gasteiger partial charge in [-0.15, -0.1) is 0 Å². The topological polar surface area (TPSA) is 109 Å². The summed E-state index contributed by atoms with van der Waals surface area (Å²) in [6.45, 7) is 5.23. The minimum atomic E-state index is -1.32. The highest BCUT2D eigenvalue weighted by molar-refractivity contribution is 5.89. The Morgan fingerprint density at radius 2 is 1.90 bits per heavy atom. The zero-order chi connectivity index (χ0) is 16.2. The van der Waals surface area contributed by atoms with E-state index < -0.39 is 24.1 Å². The molecular formula is C14H21NO6. The predicted octanol–water partition coefficient (Wildman–Crippen LogP) is 0.766. The number of H-pyrrole nitrogens is 1. The minimum Gasteiger partial charge on any atom is -0.469 e. The van der Waals surface area contributed by atoms with E-state index in [1.54, 1.807) is 20.8 Å². The molecule has 0 aliphatic rings. The van der Waals surface area contributed by atoms with Crippen molar-refractivity contribution in [3.8, 4) is 0 Å². The summed E-state index contributed by atoms with van der Waals surface area (Å²) in [5, 5.41) is 20.1. The number of ether oxygens (including phenoxy) is 2. The molecule has 2 atom stereocenters. The Hall–Kier alpha value is -1.86. The van der Waals surface area contributed by atoms with Gasteiger partial charge in [0, 0.05) is 11.3 Å². The number of aliphatic hydroxyl groups is 2. The monoisotopic (exact) mass is 299 g/mol. The van der Waals surface area contributed by atoms with Crippen molar-refractivity contribution in [2.24, 2.45) is 0 Å². The lowest BCUT2D eigenvalue weighted by atomic mass is 9.98. The van der Waals surface area contributed by atoms with Crippen molar-refractivity contribution >= 4 is 11.9 Å². The molecule has 0 amide bonds. The number of carbonyl (C=O) groups excluding carboxylic acids is 2. The van der Waals surface area contributed by atoms with Crippen LogP contribution in [0.15, 0.2) is 0 Å². The fourth-order valence-electron chi connectivity index (χ4n) is 2.17. The zero-order valence-electron chi connectivity index (χ0n) is 12.6. The van der Waals surface area contributed by atoms with Gasteiger partial charge in [0.1, 0.15) is 11.8 Å². The summed E-state index contributed by atoms with van der Waals surface area (Å²) in [5.41, 5.74) is 1.64. The average Bonchev–Trinajstić information content (AvgIpc) is 2.73. The number of aromatic nitrogens is 1. The quantitative estimate of drug-likeness (QED) is 0.669. The summed E-state index contributed by atoms with van der Waals surface area (Å²) >= 11 is 0. The molecule has 1 heterocycles. The van der Waals surface area contributed by atoms with Gasteiger partial charge in [0.15, 0.2) is 0 Å². The first kappa shape index (κ1) is 17.2. The van der Waals surface area contributed by atoms with Gasteiger partial charge in [0.2, 0.25) is 0 Å². The van der Waals surface area contributed by atoms with Crippen LogP contribution in [0.1, 0.15) is 46.8 Å². The molecule has 0 aliphatic heterocycles. The molecule has 21 heavy (non-hydrogen) atoms. The van der Waals surface area contributed by atoms with E-state index in [-0.39, 0.29) is 18.7 Å². The molecule has 1 rings (SSSR count). The van der Waals surface area contributed by atoms with Crippen LogP contribution in [0.4, 0.5) is 0 Å². The molecule has 0 aliphatic carbocycles. The molecule has 0 saturated carbocycles. The average molecular weight is 299 g/mol. The lowest BCUT2D eigenvalue weighted by Gasteiger charge is -2.18. The van der Waals surface area contributed by atoms with E-state index in [1.165, 1.54) is 7.11 Å². The molecule has 0 saturated heterocycles. The van der Waals surface area contributed by atoms with Gasteiger partial charge in [0.25, 0.3) is 0 Å². The van der Waals surface area contributed by atoms with E-state index in [9.17, 15) is 19.8 Å². The Labute approximate surface area is 122 Å². The van der Waals surface area contributed by atoms with Crippen LogP contribution in [0.3, 0.4) is 0 Å². The van der Waals surface area contributed by atoms with E-state index in [1.807, 2.05) is 0 Å². The number of aromatic amines is 1. The van der Waals surface area contributed by atoms with Gasteiger partial charge in [-0.25, -0.2) is 4.79 Å². The highest BCUT2D eigenvalue weighted by Gasteiger charge is 2.28. The standard InChI is InChI=1S/C14H21NO6/c1-5-21-14(19)12-7(2)11(8(3)15-12)13(18)9(16)6-10(17)20-4/h9,13,15-16,18H,5-6H2,1-4H3. The number of methoxy groups -OCH3 is 1. The van der Waals surface area contributed by atoms with Crippen molar-refractivity contribution in [1.29, 1.82) is 0 Å². The second-order valence-electron chi connectivity index (χ2n) is 4.68. The summed E-state index contributed by atoms with van der Waals surface area (Å²) in [5.74, 6) is -1.16. The molecule has 7 nitrogen and oxygen atoms in total. The summed E-state index contributed by atoms with van der Waals surface area (Å²) in [6.07, 6.45) is -2.96. The van der Waals surface area contributed by atoms with Gasteiger partial charge in [-0.3, -0.25) is 4.79 Å². The molecular weight excluding hydrogens is 278 g/mol. The molecule has 3 N–H and O–H groups in total. The minimum absolute atomic E-state index is 0.230. The summed E-state index contributed by atoms with van der Waals surface area (Å²) < 4.78 is 9.36. The van der Waals surface area contributed by atoms with Crippen LogP contribution in [0, 0.1) is 13.8 Å². The molecule has 118 valence electrons. The van der Waals surface area contributed by atoms with E-state index in [2.05, 4.69) is 9.72 Å². The highest BCUT2D eigenvalue weighted by atomic mass is 16.5. The molecule has 0 radical (unpaired) electrons. The van der Waals surface area contributed by atoms with Crippen molar-refractivity contribution in [3.05, 3.63) is 22.5 Å². The van der Waals surface area contributed by atoms with Crippen molar-refractivity contribution in [2.75, 3.05) is 13.7 Å². The number of hydrogen-bond donors (Lipinski definition) is 3. The third-order valence-corrected chi connectivity index (χ3v) is 3.24. The molecule has 2 unspecified atom stereocenters. The van der Waals surface area contributed by atoms with Crippen molar-refractivity contribution < 1.29 is 29.3 Å². The maximum Gasteiger partial charge on any atom is 0.355 e. The largest absolute Gasteiger partial charge is 0.469 e. The Bertz CT molecular complexity index is 522. The fourth-order valence-corrected chi connectivity index (χ4v) is 2.17. The number of carbonyl (C=O) groups is 2. The van der Waals surface area contributed by atoms with Gasteiger partial charge in [-0.05, 0) is 26.3 Å². The smallest absolute Gasteiger partial charge is 0.355 e. The molecule has 0 aromatic carbocycles. The summed E-state index contributed by atoms with van der Waals surface area (Å²) in [7, 11) is 1.20. The highest BCUT2D eigenvalue weighted by Crippen LogP contribution is 2.28. The van der Waals surface area contributed by atoms with Gasteiger partial charge < -0.3 is 24.7 Å². The molecule has 1 aromatic heterocycles. The predicted molar refractivity (Wildman–Crippen MR) is 73.8 cm³/mol. The maximum atomic E-state index is 11.8. The van der Waals surface area contributed by atoms with Crippen LogP contribution in [0.5, 0.6) is 0 Å². The van der Waals surface area contributed by atoms with Crippen LogP contribution in [-0.4, -0.2) is 47.0 Å². The molecule has 0 spiro atoms. The third-order valence-electron chi connectivity index (χ3n) is 3.24. The van der Waals surface area contributed by atoms with Crippen LogP contribution < -0.4 is 0 Å². The fraction of sp³-hybridized carbons (Fsp3) is 0.571. The van der Waals surface area contributed by atoms with Crippen molar-refractivity contribution in [1.82, 2.24) is 4.98 Å². The molecule has 1 aromatic rings. The second kappa shape index (κ2) is 7.24. The molecule has 0 bridgehead atoms. The normalized spacial score (nSPS) is 13.6. The zero-order valence-corrected chi connectivity index (χ0v) is 12.6. The molecule has 0 fully saturated rings. The maximum absolute atomic E-state index is 11.8. The Balaban J connectivity index is 3.02. The first-order valence-corrected chi connectivity index (χ1v) is 6.62. The van der Waals surface area contributed by atoms with E-state index >= 15 is 0 Å². The lowest BCUT2D eigenvalue weighted by Crippen LogP contribution is -2.23. The summed E-state index contributed by atoms with van der Waals surface area (Å²) in [4.78, 5) is 25.8. The number of rotatable bonds is 6. The molecule has 7 heteroatoms. The van der Waals surface area contributed by atoms with E-state index in [4.69, 9.17) is 4.74 Å². The number of hydrogen-bond acceptors (Lipinski definition) is 6. The Kier molecular flexibility index (Phi) is 5.92. The van der Waals surface area contributed by atoms with Gasteiger partial charge in [-0.1, -0.05) is 0 Å². The summed E-state index contributed by atoms with van der Waals surface area (Å²) in [6, 6.07) is 0. The van der Waals surface area contributed by atoms with Crippen molar-refractivity contribution in [2.45, 2.75) is 39.4 Å². The first-order chi connectivity index (χ1) is 9.83. The number of aryl methyl sites for hydroxylation is 1. The lowest BCUT2D eigenvalue weighted by molar-refractivity contribution is -0.144.